The third kappa shape index (κ3) is 13.8. The third-order valence-corrected chi connectivity index (χ3v) is 9.72. The molecule has 0 saturated carbocycles. The average molecular weight is 645 g/mol. The summed E-state index contributed by atoms with van der Waals surface area (Å²) >= 11 is 3.68. The summed E-state index contributed by atoms with van der Waals surface area (Å²) in [5.41, 5.74) is 1.05. The Hall–Kier alpha value is -2.32. The molecule has 6 nitrogen and oxygen atoms in total. The molecular formula is C36H60N4O2S2. The first-order valence-electron chi connectivity index (χ1n) is 16.3. The maximum Gasteiger partial charge on any atom is 0.196 e. The smallest absolute Gasteiger partial charge is 0.196 e. The van der Waals surface area contributed by atoms with E-state index in [2.05, 4.69) is 131 Å². The van der Waals surface area contributed by atoms with E-state index >= 15 is 0 Å². The number of oxazole rings is 1. The first-order chi connectivity index (χ1) is 20.4. The molecule has 4 rings (SSSR count). The van der Waals surface area contributed by atoms with E-state index in [0.29, 0.717) is 47.3 Å². The lowest BCUT2D eigenvalue weighted by Crippen LogP contribution is -1.85. The predicted molar refractivity (Wildman–Crippen MR) is 190 cm³/mol. The molecule has 0 N–H and O–H groups in total. The maximum atomic E-state index is 5.50. The summed E-state index contributed by atoms with van der Waals surface area (Å²) in [4.78, 5) is 15.7. The second kappa shape index (κ2) is 19.3. The van der Waals surface area contributed by atoms with E-state index in [1.165, 1.54) is 19.8 Å². The molecule has 0 aromatic carbocycles. The fraction of sp³-hybridized carbons (Fsp3) is 0.667. The van der Waals surface area contributed by atoms with Crippen LogP contribution in [0.2, 0.25) is 0 Å². The monoisotopic (exact) mass is 644 g/mol. The number of nitrogens with zero attached hydrogens (tertiary/aromatic N) is 4. The second-order valence-corrected chi connectivity index (χ2v) is 15.9. The van der Waals surface area contributed by atoms with Gasteiger partial charge in [0.15, 0.2) is 5.89 Å². The van der Waals surface area contributed by atoms with Crippen molar-refractivity contribution in [2.45, 2.75) is 158 Å². The van der Waals surface area contributed by atoms with Gasteiger partial charge in [0.05, 0.1) is 21.9 Å². The lowest BCUT2D eigenvalue weighted by molar-refractivity contribution is 0.363. The topological polar surface area (TPSA) is 77.8 Å². The van der Waals surface area contributed by atoms with Gasteiger partial charge in [-0.2, -0.15) is 0 Å². The van der Waals surface area contributed by atoms with Gasteiger partial charge in [-0.05, 0) is 17.8 Å². The summed E-state index contributed by atoms with van der Waals surface area (Å²) in [6.45, 7) is 34.3. The Kier molecular flexibility index (Phi) is 17.4. The highest BCUT2D eigenvalue weighted by molar-refractivity contribution is 7.12. The summed E-state index contributed by atoms with van der Waals surface area (Å²) in [5.74, 6) is 6.94. The molecule has 0 spiro atoms. The highest BCUT2D eigenvalue weighted by Crippen LogP contribution is 2.27. The Morgan fingerprint density at radius 2 is 0.932 bits per heavy atom. The normalized spacial score (nSPS) is 11.5. The fourth-order valence-electron chi connectivity index (χ4n) is 3.35. The molecule has 4 aromatic heterocycles. The number of hydrogen-bond donors (Lipinski definition) is 0. The number of rotatable bonds is 8. The van der Waals surface area contributed by atoms with Crippen molar-refractivity contribution in [3.8, 4) is 0 Å². The average Bonchev–Trinajstić information content (AvgIpc) is 3.76. The first kappa shape index (κ1) is 39.7. The highest BCUT2D eigenvalue weighted by Gasteiger charge is 2.11. The molecule has 4 aromatic rings. The van der Waals surface area contributed by atoms with E-state index in [-0.39, 0.29) is 0 Å². The van der Waals surface area contributed by atoms with E-state index in [9.17, 15) is 0 Å². The summed E-state index contributed by atoms with van der Waals surface area (Å²) in [5, 5.41) is 6.48. The lowest BCUT2D eigenvalue weighted by atomic mass is 10.1. The first-order valence-corrected chi connectivity index (χ1v) is 17.9. The van der Waals surface area contributed by atoms with Crippen molar-refractivity contribution < 1.29 is 8.94 Å². The van der Waals surface area contributed by atoms with Crippen LogP contribution in [-0.2, 0) is 0 Å². The van der Waals surface area contributed by atoms with Crippen molar-refractivity contribution in [3.05, 3.63) is 67.5 Å². The van der Waals surface area contributed by atoms with Crippen LogP contribution < -0.4 is 0 Å². The van der Waals surface area contributed by atoms with Crippen LogP contribution in [0.4, 0.5) is 0 Å². The molecule has 0 atom stereocenters. The molecule has 0 aliphatic carbocycles. The van der Waals surface area contributed by atoms with Gasteiger partial charge < -0.3 is 8.94 Å². The predicted octanol–water partition coefficient (Wildman–Crippen LogP) is 12.6. The highest BCUT2D eigenvalue weighted by atomic mass is 32.1. The molecule has 4 heterocycles. The molecule has 8 heteroatoms. The zero-order valence-corrected chi connectivity index (χ0v) is 32.0. The van der Waals surface area contributed by atoms with Crippen LogP contribution in [0.5, 0.6) is 0 Å². The van der Waals surface area contributed by atoms with E-state index < -0.39 is 0 Å². The molecular weight excluding hydrogens is 585 g/mol. The summed E-state index contributed by atoms with van der Waals surface area (Å²) in [6, 6.07) is 2.04. The fourth-order valence-corrected chi connectivity index (χ4v) is 5.20. The van der Waals surface area contributed by atoms with E-state index in [0.717, 1.165) is 23.1 Å². The Labute approximate surface area is 276 Å². The van der Waals surface area contributed by atoms with Crippen LogP contribution in [0.3, 0.4) is 0 Å². The minimum Gasteiger partial charge on any atom is -0.445 e. The van der Waals surface area contributed by atoms with Gasteiger partial charge in [-0.3, -0.25) is 0 Å². The largest absolute Gasteiger partial charge is 0.445 e. The molecule has 248 valence electrons. The molecule has 0 amide bonds. The van der Waals surface area contributed by atoms with Crippen molar-refractivity contribution in [2.75, 3.05) is 0 Å². The van der Waals surface area contributed by atoms with Crippen LogP contribution >= 0.6 is 22.7 Å². The molecule has 0 fully saturated rings. The Bertz CT molecular complexity index is 1020. The van der Waals surface area contributed by atoms with E-state index in [4.69, 9.17) is 8.94 Å². The minimum atomic E-state index is 0.391. The van der Waals surface area contributed by atoms with Gasteiger partial charge in [-0.25, -0.2) is 15.0 Å². The van der Waals surface area contributed by atoms with Gasteiger partial charge in [0.25, 0.3) is 0 Å². The van der Waals surface area contributed by atoms with Crippen molar-refractivity contribution in [1.82, 2.24) is 20.1 Å². The van der Waals surface area contributed by atoms with Crippen LogP contribution in [0.15, 0.2) is 33.6 Å². The van der Waals surface area contributed by atoms with Crippen molar-refractivity contribution in [2.24, 2.45) is 0 Å². The standard InChI is InChI=1S/2C9H15NO.2C9H15NS/c1-6(2)8-5-10-9(11-8)7(3)4;1-6(2)8-5-9(7(3)4)11-10-8;2*1-6(2)8-5-10-9(11-8)7(3)4/h4*5-7H,1-4H3. The zero-order chi connectivity index (χ0) is 33.7. The van der Waals surface area contributed by atoms with Crippen LogP contribution in [-0.4, -0.2) is 20.1 Å². The van der Waals surface area contributed by atoms with Crippen LogP contribution in [0.25, 0.3) is 0 Å². The van der Waals surface area contributed by atoms with Gasteiger partial charge in [0.2, 0.25) is 0 Å². The van der Waals surface area contributed by atoms with Gasteiger partial charge >= 0.3 is 0 Å². The molecule has 0 saturated heterocycles. The minimum absolute atomic E-state index is 0.391. The summed E-state index contributed by atoms with van der Waals surface area (Å²) in [6.07, 6.45) is 5.83. The van der Waals surface area contributed by atoms with Gasteiger partial charge in [0.1, 0.15) is 11.5 Å². The number of aromatic nitrogens is 4. The molecule has 44 heavy (non-hydrogen) atoms. The van der Waals surface area contributed by atoms with E-state index in [1.54, 1.807) is 0 Å². The van der Waals surface area contributed by atoms with Crippen molar-refractivity contribution >= 4 is 22.7 Å². The second-order valence-electron chi connectivity index (χ2n) is 13.7. The quantitative estimate of drug-likeness (QED) is 0.190. The van der Waals surface area contributed by atoms with E-state index in [1.807, 2.05) is 47.3 Å². The summed E-state index contributed by atoms with van der Waals surface area (Å²) in [7, 11) is 0. The Morgan fingerprint density at radius 1 is 0.477 bits per heavy atom. The van der Waals surface area contributed by atoms with Crippen molar-refractivity contribution in [1.29, 1.82) is 0 Å². The lowest BCUT2D eigenvalue weighted by Gasteiger charge is -1.98. The molecule has 0 aliphatic heterocycles. The van der Waals surface area contributed by atoms with Crippen molar-refractivity contribution in [3.63, 3.8) is 0 Å². The van der Waals surface area contributed by atoms with Gasteiger partial charge in [0, 0.05) is 57.8 Å². The molecule has 0 bridgehead atoms. The Balaban J connectivity index is 0.000000293. The Morgan fingerprint density at radius 3 is 1.14 bits per heavy atom. The SMILES string of the molecule is CC(C)c1cc(C(C)C)on1.CC(C)c1cnc(C(C)C)o1.CC(C)c1cnc(C(C)C)s1.CC(C)c1cnc(C(C)C)s1. The van der Waals surface area contributed by atoms with Gasteiger partial charge in [-0.1, -0.05) is 116 Å². The van der Waals surface area contributed by atoms with Crippen LogP contribution in [0, 0.1) is 0 Å². The summed E-state index contributed by atoms with van der Waals surface area (Å²) < 4.78 is 10.6. The zero-order valence-electron chi connectivity index (χ0n) is 30.4. The maximum absolute atomic E-state index is 5.50. The number of hydrogen-bond acceptors (Lipinski definition) is 8. The van der Waals surface area contributed by atoms with Crippen LogP contribution in [0.1, 0.15) is 201 Å². The third-order valence-electron chi connectivity index (χ3n) is 6.52. The molecule has 0 aliphatic rings. The number of thiazole rings is 2. The van der Waals surface area contributed by atoms with Gasteiger partial charge in [-0.15, -0.1) is 22.7 Å². The molecule has 0 radical (unpaired) electrons. The molecule has 0 unspecified atom stereocenters.